The molecule has 0 radical (unpaired) electrons. The van der Waals surface area contributed by atoms with Gasteiger partial charge in [0.15, 0.2) is 5.82 Å². The molecule has 0 spiro atoms. The lowest BCUT2D eigenvalue weighted by Crippen LogP contribution is -2.25. The molecule has 1 heterocycles. The van der Waals surface area contributed by atoms with Crippen LogP contribution in [0.4, 0.5) is 13.2 Å². The molecule has 0 unspecified atom stereocenters. The van der Waals surface area contributed by atoms with Crippen LogP contribution in [0.1, 0.15) is 36.6 Å². The summed E-state index contributed by atoms with van der Waals surface area (Å²) in [4.78, 5) is 11.6. The second-order valence-corrected chi connectivity index (χ2v) is 5.52. The number of halogens is 3. The van der Waals surface area contributed by atoms with Crippen molar-refractivity contribution in [1.82, 2.24) is 20.6 Å². The van der Waals surface area contributed by atoms with E-state index in [2.05, 4.69) is 20.6 Å². The zero-order chi connectivity index (χ0) is 17.6. The first-order valence-electron chi connectivity index (χ1n) is 7.43. The minimum atomic E-state index is -4.30. The average Bonchev–Trinajstić information content (AvgIpc) is 3.03. The molecule has 2 atom stereocenters. The average molecular weight is 342 g/mol. The third-order valence-corrected chi connectivity index (χ3v) is 3.77. The number of hydrogen-bond donors (Lipinski definition) is 2. The number of aliphatic carboxylic acids is 1. The Balaban J connectivity index is 2.17. The van der Waals surface area contributed by atoms with Crippen LogP contribution in [0.3, 0.4) is 0 Å². The number of nitrogens with zero attached hydrogens (tertiary/aromatic N) is 3. The summed E-state index contributed by atoms with van der Waals surface area (Å²) in [6.07, 6.45) is -5.38. The molecule has 0 fully saturated rings. The maximum atomic E-state index is 12.3. The summed E-state index contributed by atoms with van der Waals surface area (Å²) < 4.78 is 37.0. The molecule has 130 valence electrons. The van der Waals surface area contributed by atoms with Gasteiger partial charge in [-0.15, -0.1) is 10.2 Å². The third kappa shape index (κ3) is 5.32. The highest BCUT2D eigenvalue weighted by Crippen LogP contribution is 2.32. The van der Waals surface area contributed by atoms with Crippen molar-refractivity contribution in [3.63, 3.8) is 0 Å². The lowest BCUT2D eigenvalue weighted by atomic mass is 9.83. The Bertz CT molecular complexity index is 632. The molecule has 0 saturated carbocycles. The van der Waals surface area contributed by atoms with Gasteiger partial charge >= 0.3 is 12.1 Å². The normalized spacial score (nSPS) is 14.3. The number of rotatable bonds is 8. The summed E-state index contributed by atoms with van der Waals surface area (Å²) in [5.41, 5.74) is 0.856. The number of aromatic nitrogens is 4. The largest absolute Gasteiger partial charge is 0.481 e. The van der Waals surface area contributed by atoms with Crippen molar-refractivity contribution in [3.8, 4) is 0 Å². The van der Waals surface area contributed by atoms with Crippen LogP contribution in [0.5, 0.6) is 0 Å². The topological polar surface area (TPSA) is 91.8 Å². The fourth-order valence-electron chi connectivity index (χ4n) is 2.63. The van der Waals surface area contributed by atoms with E-state index in [0.717, 1.165) is 5.56 Å². The molecule has 0 aliphatic rings. The van der Waals surface area contributed by atoms with Gasteiger partial charge < -0.3 is 5.11 Å². The fraction of sp³-hybridized carbons (Fsp3) is 0.467. The molecule has 1 aromatic heterocycles. The quantitative estimate of drug-likeness (QED) is 0.769. The Kier molecular flexibility index (Phi) is 5.88. The fourth-order valence-corrected chi connectivity index (χ4v) is 2.63. The van der Waals surface area contributed by atoms with E-state index < -0.39 is 30.4 Å². The van der Waals surface area contributed by atoms with Crippen molar-refractivity contribution in [3.05, 3.63) is 41.7 Å². The predicted octanol–water partition coefficient (Wildman–Crippen LogP) is 2.96. The molecule has 2 aromatic rings. The number of tetrazole rings is 1. The van der Waals surface area contributed by atoms with E-state index in [1.54, 1.807) is 0 Å². The number of carbonyl (C=O) groups is 1. The number of H-pyrrole nitrogens is 1. The van der Waals surface area contributed by atoms with Crippen molar-refractivity contribution in [2.24, 2.45) is 5.92 Å². The molecular formula is C15H17F3N4O2. The lowest BCUT2D eigenvalue weighted by Gasteiger charge is -2.21. The first-order chi connectivity index (χ1) is 11.4. The molecule has 2 rings (SSSR count). The molecule has 1 aromatic carbocycles. The Hall–Kier alpha value is -2.45. The van der Waals surface area contributed by atoms with E-state index in [0.29, 0.717) is 6.42 Å². The van der Waals surface area contributed by atoms with Crippen LogP contribution in [0.15, 0.2) is 30.3 Å². The molecule has 0 amide bonds. The maximum absolute atomic E-state index is 12.3. The lowest BCUT2D eigenvalue weighted by molar-refractivity contribution is -0.146. The van der Waals surface area contributed by atoms with E-state index in [1.807, 2.05) is 30.3 Å². The summed E-state index contributed by atoms with van der Waals surface area (Å²) in [6, 6.07) is 9.08. The number of alkyl halides is 3. The summed E-state index contributed by atoms with van der Waals surface area (Å²) in [6.45, 7) is 0. The van der Waals surface area contributed by atoms with E-state index >= 15 is 0 Å². The van der Waals surface area contributed by atoms with E-state index in [-0.39, 0.29) is 18.7 Å². The van der Waals surface area contributed by atoms with Gasteiger partial charge in [0, 0.05) is 12.3 Å². The smallest absolute Gasteiger partial charge is 0.389 e. The second kappa shape index (κ2) is 7.89. The SMILES string of the molecule is O=C(O)[C@@H](CCCC(F)(F)F)[C@H](Cc1ccccc1)c1nn[nH]n1. The first-order valence-corrected chi connectivity index (χ1v) is 7.43. The standard InChI is InChI=1S/C15H17F3N4O2/c16-15(17,18)8-4-7-11(14(23)24)12(13-19-21-22-20-13)9-10-5-2-1-3-6-10/h1-3,5-6,11-12H,4,7-9H2,(H,23,24)(H,19,20,21,22)/t11-,12-/m0/s1. The number of nitrogens with one attached hydrogen (secondary N) is 1. The van der Waals surface area contributed by atoms with Gasteiger partial charge in [-0.2, -0.15) is 18.4 Å². The zero-order valence-corrected chi connectivity index (χ0v) is 12.7. The highest BCUT2D eigenvalue weighted by atomic mass is 19.4. The highest BCUT2D eigenvalue weighted by molar-refractivity contribution is 5.71. The van der Waals surface area contributed by atoms with Crippen LogP contribution in [0.2, 0.25) is 0 Å². The van der Waals surface area contributed by atoms with Crippen LogP contribution in [-0.4, -0.2) is 37.9 Å². The molecular weight excluding hydrogens is 325 g/mol. The van der Waals surface area contributed by atoms with Gasteiger partial charge in [-0.25, -0.2) is 0 Å². The van der Waals surface area contributed by atoms with Crippen LogP contribution in [0, 0.1) is 5.92 Å². The van der Waals surface area contributed by atoms with Crippen LogP contribution in [0.25, 0.3) is 0 Å². The van der Waals surface area contributed by atoms with Crippen LogP contribution in [-0.2, 0) is 11.2 Å². The molecule has 9 heteroatoms. The zero-order valence-electron chi connectivity index (χ0n) is 12.7. The van der Waals surface area contributed by atoms with Gasteiger partial charge in [0.1, 0.15) is 0 Å². The molecule has 2 N–H and O–H groups in total. The Morgan fingerprint density at radius 3 is 2.50 bits per heavy atom. The summed E-state index contributed by atoms with van der Waals surface area (Å²) in [5, 5.41) is 22.9. The minimum absolute atomic E-state index is 0.110. The van der Waals surface area contributed by atoms with Gasteiger partial charge in [-0.05, 0) is 24.8 Å². The Morgan fingerprint density at radius 2 is 1.96 bits per heavy atom. The monoisotopic (exact) mass is 342 g/mol. The predicted molar refractivity (Wildman–Crippen MR) is 78.1 cm³/mol. The van der Waals surface area contributed by atoms with E-state index in [4.69, 9.17) is 0 Å². The summed E-state index contributed by atoms with van der Waals surface area (Å²) in [5.74, 6) is -2.65. The Labute approximate surface area is 136 Å². The Morgan fingerprint density at radius 1 is 1.25 bits per heavy atom. The third-order valence-electron chi connectivity index (χ3n) is 3.77. The van der Waals surface area contributed by atoms with Crippen molar-refractivity contribution in [2.75, 3.05) is 0 Å². The highest BCUT2D eigenvalue weighted by Gasteiger charge is 2.34. The molecule has 0 aliphatic carbocycles. The first kappa shape index (κ1) is 17.9. The number of carboxylic acids is 1. The van der Waals surface area contributed by atoms with Gasteiger partial charge in [-0.3, -0.25) is 4.79 Å². The summed E-state index contributed by atoms with van der Waals surface area (Å²) in [7, 11) is 0. The van der Waals surface area contributed by atoms with Gasteiger partial charge in [0.2, 0.25) is 0 Å². The van der Waals surface area contributed by atoms with Gasteiger partial charge in [-0.1, -0.05) is 35.5 Å². The number of carboxylic acid groups (broad SMARTS) is 1. The number of hydrogen-bond acceptors (Lipinski definition) is 4. The second-order valence-electron chi connectivity index (χ2n) is 5.52. The molecule has 0 aliphatic heterocycles. The van der Waals surface area contributed by atoms with Gasteiger partial charge in [0.05, 0.1) is 5.92 Å². The molecule has 0 bridgehead atoms. The van der Waals surface area contributed by atoms with Crippen molar-refractivity contribution < 1.29 is 23.1 Å². The maximum Gasteiger partial charge on any atom is 0.389 e. The van der Waals surface area contributed by atoms with Crippen molar-refractivity contribution >= 4 is 5.97 Å². The van der Waals surface area contributed by atoms with E-state index in [1.165, 1.54) is 0 Å². The van der Waals surface area contributed by atoms with Gasteiger partial charge in [0.25, 0.3) is 0 Å². The molecule has 24 heavy (non-hydrogen) atoms. The van der Waals surface area contributed by atoms with Crippen molar-refractivity contribution in [2.45, 2.75) is 37.8 Å². The minimum Gasteiger partial charge on any atom is -0.481 e. The molecule has 0 saturated heterocycles. The molecule has 6 nitrogen and oxygen atoms in total. The van der Waals surface area contributed by atoms with Crippen molar-refractivity contribution in [1.29, 1.82) is 0 Å². The summed E-state index contributed by atoms with van der Waals surface area (Å²) >= 11 is 0. The number of aromatic amines is 1. The van der Waals surface area contributed by atoms with Crippen LogP contribution >= 0.6 is 0 Å². The van der Waals surface area contributed by atoms with Crippen LogP contribution < -0.4 is 0 Å². The van der Waals surface area contributed by atoms with E-state index in [9.17, 15) is 23.1 Å². The number of benzene rings is 1.